The van der Waals surface area contributed by atoms with Crippen molar-refractivity contribution in [3.63, 3.8) is 0 Å². The van der Waals surface area contributed by atoms with Crippen molar-refractivity contribution in [1.29, 1.82) is 0 Å². The summed E-state index contributed by atoms with van der Waals surface area (Å²) < 4.78 is 13.4. The fraction of sp³-hybridized carbons (Fsp3) is 0.462. The lowest BCUT2D eigenvalue weighted by molar-refractivity contribution is -0.117. The van der Waals surface area contributed by atoms with Crippen LogP contribution in [0.5, 0.6) is 0 Å². The number of halogens is 1. The second kappa shape index (κ2) is 6.96. The Balaban J connectivity index is 2.61. The average Bonchev–Trinajstić information content (AvgIpc) is 2.33. The van der Waals surface area contributed by atoms with Crippen LogP contribution in [0.3, 0.4) is 0 Å². The number of rotatable bonds is 6. The van der Waals surface area contributed by atoms with E-state index in [9.17, 15) is 9.18 Å². The zero-order valence-electron chi connectivity index (χ0n) is 10.9. The van der Waals surface area contributed by atoms with Gasteiger partial charge in [0.25, 0.3) is 0 Å². The highest BCUT2D eigenvalue weighted by molar-refractivity contribution is 5.92. The molecule has 100 valence electrons. The Kier molecular flexibility index (Phi) is 5.58. The number of amides is 1. The largest absolute Gasteiger partial charge is 0.399 e. The fourth-order valence-electron chi connectivity index (χ4n) is 1.70. The fourth-order valence-corrected chi connectivity index (χ4v) is 1.70. The monoisotopic (exact) mass is 253 g/mol. The number of likely N-dealkylation sites (N-methyl/N-ethyl adjacent to an activating group) is 1. The minimum Gasteiger partial charge on any atom is -0.399 e. The molecule has 1 rings (SSSR count). The molecule has 0 atom stereocenters. The molecule has 0 saturated carbocycles. The van der Waals surface area contributed by atoms with Crippen LogP contribution in [0.1, 0.15) is 20.3 Å². The predicted molar refractivity (Wildman–Crippen MR) is 71.8 cm³/mol. The Morgan fingerprint density at radius 2 is 2.17 bits per heavy atom. The number of nitrogen functional groups attached to an aromatic ring is 1. The molecule has 0 aromatic heterocycles. The van der Waals surface area contributed by atoms with Crippen molar-refractivity contribution in [1.82, 2.24) is 4.90 Å². The molecule has 18 heavy (non-hydrogen) atoms. The predicted octanol–water partition coefficient (Wildman–Crippen LogP) is 2.08. The third-order valence-electron chi connectivity index (χ3n) is 2.62. The van der Waals surface area contributed by atoms with Crippen molar-refractivity contribution >= 4 is 17.3 Å². The summed E-state index contributed by atoms with van der Waals surface area (Å²) in [5.41, 5.74) is 6.11. The van der Waals surface area contributed by atoms with Crippen molar-refractivity contribution < 1.29 is 9.18 Å². The van der Waals surface area contributed by atoms with Gasteiger partial charge in [0.05, 0.1) is 12.2 Å². The smallest absolute Gasteiger partial charge is 0.238 e. The first-order valence-corrected chi connectivity index (χ1v) is 6.14. The van der Waals surface area contributed by atoms with E-state index in [0.29, 0.717) is 5.69 Å². The average molecular weight is 253 g/mol. The summed E-state index contributed by atoms with van der Waals surface area (Å²) in [6.07, 6.45) is 0.980. The van der Waals surface area contributed by atoms with Gasteiger partial charge < -0.3 is 11.1 Å². The Morgan fingerprint density at radius 3 is 2.78 bits per heavy atom. The van der Waals surface area contributed by atoms with Gasteiger partial charge in [0.15, 0.2) is 0 Å². The Bertz CT molecular complexity index is 409. The molecular formula is C13H20FN3O. The molecule has 0 aliphatic heterocycles. The molecule has 1 aromatic rings. The third kappa shape index (κ3) is 4.33. The maximum atomic E-state index is 13.4. The topological polar surface area (TPSA) is 58.4 Å². The quantitative estimate of drug-likeness (QED) is 0.763. The molecule has 0 heterocycles. The van der Waals surface area contributed by atoms with E-state index in [1.165, 1.54) is 18.2 Å². The van der Waals surface area contributed by atoms with Crippen LogP contribution < -0.4 is 11.1 Å². The first-order chi connectivity index (χ1) is 8.56. The van der Waals surface area contributed by atoms with Gasteiger partial charge in [-0.15, -0.1) is 0 Å². The summed E-state index contributed by atoms with van der Waals surface area (Å²) >= 11 is 0. The van der Waals surface area contributed by atoms with Crippen LogP contribution in [-0.4, -0.2) is 30.4 Å². The summed E-state index contributed by atoms with van der Waals surface area (Å²) in [5, 5.41) is 2.54. The molecule has 1 aromatic carbocycles. The number of anilines is 2. The van der Waals surface area contributed by atoms with Crippen LogP contribution in [0.4, 0.5) is 15.8 Å². The standard InChI is InChI=1S/C13H20FN3O/c1-3-7-17(4-2)9-13(18)16-12-8-10(15)5-6-11(12)14/h5-6,8H,3-4,7,9,15H2,1-2H3,(H,16,18). The normalized spacial score (nSPS) is 10.7. The van der Waals surface area contributed by atoms with Gasteiger partial charge in [-0.25, -0.2) is 4.39 Å². The molecule has 0 unspecified atom stereocenters. The molecule has 0 fully saturated rings. The lowest BCUT2D eigenvalue weighted by Gasteiger charge is -2.18. The van der Waals surface area contributed by atoms with Gasteiger partial charge in [-0.05, 0) is 37.7 Å². The molecule has 5 heteroatoms. The number of hydrogen-bond acceptors (Lipinski definition) is 3. The number of carbonyl (C=O) groups excluding carboxylic acids is 1. The van der Waals surface area contributed by atoms with Crippen molar-refractivity contribution in [2.24, 2.45) is 0 Å². The van der Waals surface area contributed by atoms with E-state index in [2.05, 4.69) is 12.2 Å². The minimum atomic E-state index is -0.476. The van der Waals surface area contributed by atoms with Crippen molar-refractivity contribution in [2.45, 2.75) is 20.3 Å². The number of hydrogen-bond donors (Lipinski definition) is 2. The molecule has 3 N–H and O–H groups in total. The third-order valence-corrected chi connectivity index (χ3v) is 2.62. The summed E-state index contributed by atoms with van der Waals surface area (Å²) in [6, 6.07) is 4.12. The second-order valence-corrected chi connectivity index (χ2v) is 4.16. The summed E-state index contributed by atoms with van der Waals surface area (Å²) in [4.78, 5) is 13.8. The van der Waals surface area contributed by atoms with Gasteiger partial charge in [0.1, 0.15) is 5.82 Å². The minimum absolute atomic E-state index is 0.132. The van der Waals surface area contributed by atoms with Crippen LogP contribution in [-0.2, 0) is 4.79 Å². The lowest BCUT2D eigenvalue weighted by Crippen LogP contribution is -2.33. The number of carbonyl (C=O) groups is 1. The first kappa shape index (κ1) is 14.4. The Hall–Kier alpha value is -1.62. The van der Waals surface area contributed by atoms with Crippen LogP contribution in [0.25, 0.3) is 0 Å². The zero-order valence-corrected chi connectivity index (χ0v) is 10.9. The van der Waals surface area contributed by atoms with E-state index in [0.717, 1.165) is 19.5 Å². The summed E-state index contributed by atoms with van der Waals surface area (Å²) in [6.45, 7) is 5.95. The van der Waals surface area contributed by atoms with Crippen molar-refractivity contribution in [3.8, 4) is 0 Å². The van der Waals surface area contributed by atoms with Gasteiger partial charge in [-0.3, -0.25) is 9.69 Å². The van der Waals surface area contributed by atoms with Crippen LogP contribution in [0.15, 0.2) is 18.2 Å². The Labute approximate surface area is 107 Å². The maximum Gasteiger partial charge on any atom is 0.238 e. The number of nitrogens with zero attached hydrogens (tertiary/aromatic N) is 1. The van der Waals surface area contributed by atoms with Gasteiger partial charge in [-0.2, -0.15) is 0 Å². The lowest BCUT2D eigenvalue weighted by atomic mass is 10.2. The number of benzene rings is 1. The highest BCUT2D eigenvalue weighted by Gasteiger charge is 2.10. The molecular weight excluding hydrogens is 233 g/mol. The highest BCUT2D eigenvalue weighted by atomic mass is 19.1. The molecule has 0 bridgehead atoms. The van der Waals surface area contributed by atoms with E-state index in [1.807, 2.05) is 11.8 Å². The van der Waals surface area contributed by atoms with E-state index in [4.69, 9.17) is 5.73 Å². The SMILES string of the molecule is CCCN(CC)CC(=O)Nc1cc(N)ccc1F. The molecule has 0 radical (unpaired) electrons. The van der Waals surface area contributed by atoms with Crippen molar-refractivity contribution in [2.75, 3.05) is 30.7 Å². The zero-order chi connectivity index (χ0) is 13.5. The first-order valence-electron chi connectivity index (χ1n) is 6.14. The molecule has 1 amide bonds. The van der Waals surface area contributed by atoms with E-state index >= 15 is 0 Å². The van der Waals surface area contributed by atoms with Gasteiger partial charge in [-0.1, -0.05) is 13.8 Å². The van der Waals surface area contributed by atoms with E-state index in [1.54, 1.807) is 0 Å². The second-order valence-electron chi connectivity index (χ2n) is 4.16. The van der Waals surface area contributed by atoms with Crippen LogP contribution in [0.2, 0.25) is 0 Å². The molecule has 0 aliphatic rings. The van der Waals surface area contributed by atoms with Gasteiger partial charge in [0.2, 0.25) is 5.91 Å². The van der Waals surface area contributed by atoms with Crippen LogP contribution >= 0.6 is 0 Å². The molecule has 0 spiro atoms. The Morgan fingerprint density at radius 1 is 1.44 bits per heavy atom. The van der Waals surface area contributed by atoms with Crippen LogP contribution in [0, 0.1) is 5.82 Å². The van der Waals surface area contributed by atoms with Crippen molar-refractivity contribution in [3.05, 3.63) is 24.0 Å². The number of nitrogens with two attached hydrogens (primary N) is 1. The summed E-state index contributed by atoms with van der Waals surface area (Å²) in [5.74, 6) is -0.703. The van der Waals surface area contributed by atoms with Gasteiger partial charge >= 0.3 is 0 Å². The van der Waals surface area contributed by atoms with E-state index in [-0.39, 0.29) is 18.1 Å². The number of nitrogens with one attached hydrogen (secondary N) is 1. The maximum absolute atomic E-state index is 13.4. The highest BCUT2D eigenvalue weighted by Crippen LogP contribution is 2.17. The molecule has 0 aliphatic carbocycles. The summed E-state index contributed by atoms with van der Waals surface area (Å²) in [7, 11) is 0. The van der Waals surface area contributed by atoms with Gasteiger partial charge in [0, 0.05) is 5.69 Å². The van der Waals surface area contributed by atoms with E-state index < -0.39 is 5.82 Å². The molecule has 0 saturated heterocycles. The molecule has 4 nitrogen and oxygen atoms in total.